The normalized spacial score (nSPS) is 11.8. The van der Waals surface area contributed by atoms with Crippen molar-refractivity contribution in [2.45, 2.75) is 46.4 Å². The quantitative estimate of drug-likeness (QED) is 0.320. The number of hydrogen-bond acceptors (Lipinski definition) is 6. The van der Waals surface area contributed by atoms with Crippen LogP contribution in [0, 0.1) is 12.7 Å². The second-order valence-corrected chi connectivity index (χ2v) is 8.58. The van der Waals surface area contributed by atoms with Crippen molar-refractivity contribution in [3.63, 3.8) is 0 Å². The molecule has 4 rings (SSSR count). The van der Waals surface area contributed by atoms with E-state index in [9.17, 15) is 23.9 Å². The molecule has 10 heteroatoms. The van der Waals surface area contributed by atoms with E-state index >= 15 is 0 Å². The number of hydrogen-bond donors (Lipinski definition) is 3. The Morgan fingerprint density at radius 3 is 2.72 bits per heavy atom. The zero-order valence-corrected chi connectivity index (χ0v) is 20.0. The lowest BCUT2D eigenvalue weighted by atomic mass is 9.93. The van der Waals surface area contributed by atoms with Crippen molar-refractivity contribution in [2.24, 2.45) is 0 Å². The molecule has 0 spiro atoms. The first kappa shape index (κ1) is 25.1. The van der Waals surface area contributed by atoms with Crippen molar-refractivity contribution in [3.05, 3.63) is 68.3 Å². The number of aryl methyl sites for hydroxylation is 1. The summed E-state index contributed by atoms with van der Waals surface area (Å²) in [6.07, 6.45) is 1.29. The lowest BCUT2D eigenvalue weighted by Gasteiger charge is -2.16. The van der Waals surface area contributed by atoms with Crippen molar-refractivity contribution in [1.29, 1.82) is 0 Å². The van der Waals surface area contributed by atoms with E-state index in [1.165, 1.54) is 16.7 Å². The van der Waals surface area contributed by atoms with Gasteiger partial charge in [0.05, 0.1) is 29.0 Å². The van der Waals surface area contributed by atoms with Crippen LogP contribution in [0.1, 0.15) is 46.7 Å². The second-order valence-electron chi connectivity index (χ2n) is 8.58. The Morgan fingerprint density at radius 1 is 1.33 bits per heavy atom. The number of carbonyl (C=O) groups is 2. The molecule has 0 atom stereocenters. The van der Waals surface area contributed by atoms with Crippen LogP contribution in [0.3, 0.4) is 0 Å². The number of aliphatic hydroxyl groups excluding tert-OH is 1. The van der Waals surface area contributed by atoms with Crippen LogP contribution in [-0.4, -0.2) is 38.4 Å². The molecule has 0 aliphatic carbocycles. The van der Waals surface area contributed by atoms with Gasteiger partial charge in [0.2, 0.25) is 5.91 Å². The number of pyridine rings is 2. The van der Waals surface area contributed by atoms with Gasteiger partial charge < -0.3 is 24.8 Å². The van der Waals surface area contributed by atoms with E-state index in [1.54, 1.807) is 13.0 Å². The van der Waals surface area contributed by atoms with Gasteiger partial charge in [0.15, 0.2) is 0 Å². The monoisotopic (exact) mass is 495 g/mol. The number of nitrogens with zero attached hydrogens (tertiary/aromatic N) is 2. The average Bonchev–Trinajstić information content (AvgIpc) is 3.21. The summed E-state index contributed by atoms with van der Waals surface area (Å²) in [5.41, 5.74) is 4.07. The summed E-state index contributed by atoms with van der Waals surface area (Å²) in [7, 11) is 0. The Balaban J connectivity index is 2.00. The van der Waals surface area contributed by atoms with E-state index in [2.05, 4.69) is 11.9 Å². The topological polar surface area (TPSA) is 131 Å². The number of amides is 1. The van der Waals surface area contributed by atoms with Crippen LogP contribution in [0.25, 0.3) is 28.4 Å². The highest BCUT2D eigenvalue weighted by atomic mass is 19.1. The van der Waals surface area contributed by atoms with Crippen molar-refractivity contribution in [3.8, 4) is 11.4 Å². The van der Waals surface area contributed by atoms with Gasteiger partial charge in [0, 0.05) is 23.6 Å². The summed E-state index contributed by atoms with van der Waals surface area (Å²) in [6, 6.07) is 3.11. The van der Waals surface area contributed by atoms with Gasteiger partial charge in [-0.3, -0.25) is 9.59 Å². The zero-order valence-electron chi connectivity index (χ0n) is 20.0. The maximum atomic E-state index is 14.8. The number of aliphatic hydroxyl groups is 1. The van der Waals surface area contributed by atoms with Crippen LogP contribution in [0.5, 0.6) is 0 Å². The van der Waals surface area contributed by atoms with E-state index in [1.807, 2.05) is 6.92 Å². The molecule has 2 aromatic heterocycles. The number of nitrogens with one attached hydrogen (secondary N) is 1. The van der Waals surface area contributed by atoms with Crippen molar-refractivity contribution < 1.29 is 28.9 Å². The lowest BCUT2D eigenvalue weighted by Crippen LogP contribution is -2.27. The van der Waals surface area contributed by atoms with Gasteiger partial charge in [-0.15, -0.1) is 0 Å². The van der Waals surface area contributed by atoms with Gasteiger partial charge in [0.25, 0.3) is 5.56 Å². The van der Waals surface area contributed by atoms with Crippen molar-refractivity contribution in [2.75, 3.05) is 6.61 Å². The minimum Gasteiger partial charge on any atom is -0.450 e. The molecule has 0 radical (unpaired) electrons. The van der Waals surface area contributed by atoms with Crippen LogP contribution in [-0.2, 0) is 35.6 Å². The maximum absolute atomic E-state index is 14.8. The molecule has 1 amide bonds. The summed E-state index contributed by atoms with van der Waals surface area (Å²) in [5.74, 6) is -1.04. The molecule has 0 bridgehead atoms. The first-order chi connectivity index (χ1) is 17.2. The van der Waals surface area contributed by atoms with E-state index in [0.717, 1.165) is 0 Å². The van der Waals surface area contributed by atoms with Gasteiger partial charge in [0.1, 0.15) is 19.0 Å². The van der Waals surface area contributed by atoms with E-state index < -0.39 is 30.0 Å². The second kappa shape index (κ2) is 9.90. The molecule has 188 valence electrons. The molecular weight excluding hydrogens is 469 g/mol. The number of halogens is 1. The molecule has 1 aliphatic heterocycles. The Bertz CT molecular complexity index is 1480. The first-order valence-electron chi connectivity index (χ1n) is 11.5. The van der Waals surface area contributed by atoms with Crippen LogP contribution in [0.2, 0.25) is 0 Å². The van der Waals surface area contributed by atoms with Gasteiger partial charge >= 0.3 is 6.16 Å². The minimum absolute atomic E-state index is 0.0200. The molecular formula is C26H26FN3O6. The predicted molar refractivity (Wildman–Crippen MR) is 131 cm³/mol. The maximum Gasteiger partial charge on any atom is 0.506 e. The molecule has 0 fully saturated rings. The Kier molecular flexibility index (Phi) is 6.89. The number of fused-ring (bicyclic) bond motifs is 4. The number of carboxylic acid groups (broad SMARTS) is 1. The lowest BCUT2D eigenvalue weighted by molar-refractivity contribution is -0.123. The van der Waals surface area contributed by atoms with Crippen LogP contribution >= 0.6 is 0 Å². The number of ether oxygens (including phenoxy) is 1. The summed E-state index contributed by atoms with van der Waals surface area (Å²) >= 11 is 0. The Morgan fingerprint density at radius 2 is 2.08 bits per heavy atom. The SMILES string of the molecule is C=Cc1c(C)c(F)cc2nc3c(c(CNC(=O)CO)c12)Cn1c-3cc(CCC)c(COC(=O)O)c1=O. The fourth-order valence-electron chi connectivity index (χ4n) is 4.75. The van der Waals surface area contributed by atoms with Crippen LogP contribution in [0.4, 0.5) is 9.18 Å². The summed E-state index contributed by atoms with van der Waals surface area (Å²) in [5, 5.41) is 21.4. The summed E-state index contributed by atoms with van der Waals surface area (Å²) in [4.78, 5) is 41.1. The van der Waals surface area contributed by atoms with Gasteiger partial charge in [-0.2, -0.15) is 0 Å². The molecule has 1 aromatic carbocycles. The largest absolute Gasteiger partial charge is 0.506 e. The van der Waals surface area contributed by atoms with Gasteiger partial charge in [-0.05, 0) is 41.7 Å². The van der Waals surface area contributed by atoms with E-state index in [4.69, 9.17) is 14.8 Å². The van der Waals surface area contributed by atoms with Crippen molar-refractivity contribution in [1.82, 2.24) is 14.9 Å². The number of rotatable bonds is 8. The third-order valence-corrected chi connectivity index (χ3v) is 6.46. The minimum atomic E-state index is -1.48. The highest BCUT2D eigenvalue weighted by Gasteiger charge is 2.29. The third-order valence-electron chi connectivity index (χ3n) is 6.46. The number of carbonyl (C=O) groups excluding carboxylic acids is 1. The Hall–Kier alpha value is -4.05. The summed E-state index contributed by atoms with van der Waals surface area (Å²) < 4.78 is 21.0. The standard InChI is InChI=1S/C26H26FN3O6/c1-4-6-14-7-21-24-17(10-30(21)25(33)18(14)12-36-26(34)35)16(9-28-22(32)11-31)23-15(5-2)13(3)19(27)8-20(23)29-24/h5,7-8,31H,2,4,6,9-12H2,1,3H3,(H,28,32)(H,34,35). The van der Waals surface area contributed by atoms with Crippen molar-refractivity contribution >= 4 is 29.0 Å². The number of aromatic nitrogens is 2. The molecule has 3 aromatic rings. The molecule has 0 saturated heterocycles. The first-order valence-corrected chi connectivity index (χ1v) is 11.5. The fourth-order valence-corrected chi connectivity index (χ4v) is 4.75. The van der Waals surface area contributed by atoms with Gasteiger partial charge in [-0.25, -0.2) is 14.2 Å². The van der Waals surface area contributed by atoms with Crippen LogP contribution < -0.4 is 10.9 Å². The highest BCUT2D eigenvalue weighted by Crippen LogP contribution is 2.38. The van der Waals surface area contributed by atoms with Gasteiger partial charge in [-0.1, -0.05) is 26.0 Å². The van der Waals surface area contributed by atoms with E-state index in [0.29, 0.717) is 62.9 Å². The molecule has 3 heterocycles. The zero-order chi connectivity index (χ0) is 26.1. The molecule has 0 unspecified atom stereocenters. The Labute approximate surface area is 205 Å². The molecule has 9 nitrogen and oxygen atoms in total. The average molecular weight is 496 g/mol. The van der Waals surface area contributed by atoms with E-state index in [-0.39, 0.29) is 25.3 Å². The molecule has 0 saturated carbocycles. The molecule has 1 aliphatic rings. The smallest absolute Gasteiger partial charge is 0.450 e. The third kappa shape index (κ3) is 4.24. The highest BCUT2D eigenvalue weighted by molar-refractivity contribution is 5.95. The summed E-state index contributed by atoms with van der Waals surface area (Å²) in [6.45, 7) is 6.46. The molecule has 36 heavy (non-hydrogen) atoms. The fraction of sp³-hybridized carbons (Fsp3) is 0.308. The number of benzene rings is 1. The molecule has 3 N–H and O–H groups in total. The predicted octanol–water partition coefficient (Wildman–Crippen LogP) is 3.27. The van der Waals surface area contributed by atoms with Crippen LogP contribution in [0.15, 0.2) is 23.5 Å².